The number of hydrogen-bond donors (Lipinski definition) is 1. The number of carbonyl (C=O) groups excluding carboxylic acids is 2. The normalized spacial score (nSPS) is 16.2. The fourth-order valence-corrected chi connectivity index (χ4v) is 4.37. The third-order valence-electron chi connectivity index (χ3n) is 6.03. The second kappa shape index (κ2) is 8.03. The summed E-state index contributed by atoms with van der Waals surface area (Å²) in [5.41, 5.74) is 1.89. The number of hydrogen-bond acceptors (Lipinski definition) is 4. The van der Waals surface area contributed by atoms with Crippen molar-refractivity contribution in [2.75, 3.05) is 19.6 Å². The standard InChI is InChI=1S/C24H21FN4O3/c25-20-9-8-15(13-21-17-5-1-2-6-18(17)23(31)27-26-21)12-19(20)24(32)28-10-11-29-16(14-28)4-3-7-22(29)30/h1-2,4-6,8-9,12H,3,7,10-11,13-14H2,(H,27,31). The van der Waals surface area contributed by atoms with Gasteiger partial charge in [-0.25, -0.2) is 9.49 Å². The summed E-state index contributed by atoms with van der Waals surface area (Å²) in [6, 6.07) is 11.6. The molecule has 2 aliphatic rings. The highest BCUT2D eigenvalue weighted by Crippen LogP contribution is 2.24. The van der Waals surface area contributed by atoms with E-state index in [-0.39, 0.29) is 17.0 Å². The highest BCUT2D eigenvalue weighted by Gasteiger charge is 2.31. The van der Waals surface area contributed by atoms with Crippen molar-refractivity contribution in [2.24, 2.45) is 0 Å². The van der Waals surface area contributed by atoms with Crippen LogP contribution in [0.4, 0.5) is 4.39 Å². The number of carbonyl (C=O) groups is 2. The van der Waals surface area contributed by atoms with Gasteiger partial charge in [0.25, 0.3) is 11.5 Å². The number of aromatic nitrogens is 2. The maximum Gasteiger partial charge on any atom is 0.272 e. The first-order valence-corrected chi connectivity index (χ1v) is 10.5. The third-order valence-corrected chi connectivity index (χ3v) is 6.03. The Morgan fingerprint density at radius 3 is 2.75 bits per heavy atom. The Hall–Kier alpha value is -3.81. The fourth-order valence-electron chi connectivity index (χ4n) is 4.37. The molecular weight excluding hydrogens is 411 g/mol. The van der Waals surface area contributed by atoms with Gasteiger partial charge in [-0.05, 0) is 30.2 Å². The lowest BCUT2D eigenvalue weighted by Crippen LogP contribution is -2.50. The Balaban J connectivity index is 1.42. The maximum absolute atomic E-state index is 14.6. The molecular formula is C24H21FN4O3. The van der Waals surface area contributed by atoms with E-state index < -0.39 is 11.7 Å². The summed E-state index contributed by atoms with van der Waals surface area (Å²) in [7, 11) is 0. The van der Waals surface area contributed by atoms with Gasteiger partial charge < -0.3 is 9.80 Å². The van der Waals surface area contributed by atoms with Crippen molar-refractivity contribution in [1.82, 2.24) is 20.0 Å². The van der Waals surface area contributed by atoms with Gasteiger partial charge in [0, 0.05) is 37.0 Å². The summed E-state index contributed by atoms with van der Waals surface area (Å²) < 4.78 is 14.6. The Bertz CT molecular complexity index is 1330. The van der Waals surface area contributed by atoms with Crippen molar-refractivity contribution in [3.63, 3.8) is 0 Å². The van der Waals surface area contributed by atoms with Crippen LogP contribution in [-0.2, 0) is 11.2 Å². The SMILES string of the molecule is O=C(c1cc(Cc2n[nH]c(=O)c3ccccc23)ccc1F)N1CCN2C(=O)CCC=C2C1. The second-order valence-corrected chi connectivity index (χ2v) is 8.04. The molecule has 0 bridgehead atoms. The van der Waals surface area contributed by atoms with Crippen molar-refractivity contribution in [3.05, 3.63) is 87.2 Å². The summed E-state index contributed by atoms with van der Waals surface area (Å²) in [6.07, 6.45) is 3.46. The molecule has 3 aromatic rings. The molecule has 1 fully saturated rings. The zero-order chi connectivity index (χ0) is 22.2. The number of fused-ring (bicyclic) bond motifs is 2. The summed E-state index contributed by atoms with van der Waals surface area (Å²) in [5.74, 6) is -0.917. The maximum atomic E-state index is 14.6. The highest BCUT2D eigenvalue weighted by atomic mass is 19.1. The van der Waals surface area contributed by atoms with Crippen LogP contribution in [0.5, 0.6) is 0 Å². The lowest BCUT2D eigenvalue weighted by molar-refractivity contribution is -0.131. The summed E-state index contributed by atoms with van der Waals surface area (Å²) in [5, 5.41) is 7.92. The van der Waals surface area contributed by atoms with Gasteiger partial charge in [-0.2, -0.15) is 5.10 Å². The van der Waals surface area contributed by atoms with Gasteiger partial charge in [0.2, 0.25) is 5.91 Å². The molecule has 0 aliphatic carbocycles. The first-order chi connectivity index (χ1) is 15.5. The zero-order valence-corrected chi connectivity index (χ0v) is 17.3. The van der Waals surface area contributed by atoms with Crippen LogP contribution in [0.1, 0.15) is 34.5 Å². The molecule has 2 aromatic carbocycles. The summed E-state index contributed by atoms with van der Waals surface area (Å²) >= 11 is 0. The average Bonchev–Trinajstić information content (AvgIpc) is 2.82. The fraction of sp³-hybridized carbons (Fsp3) is 0.250. The van der Waals surface area contributed by atoms with Crippen LogP contribution in [0.25, 0.3) is 10.8 Å². The van der Waals surface area contributed by atoms with Crippen LogP contribution < -0.4 is 5.56 Å². The topological polar surface area (TPSA) is 86.4 Å². The van der Waals surface area contributed by atoms with E-state index in [4.69, 9.17) is 0 Å². The Morgan fingerprint density at radius 2 is 1.91 bits per heavy atom. The summed E-state index contributed by atoms with van der Waals surface area (Å²) in [4.78, 5) is 40.5. The molecule has 2 amide bonds. The molecule has 0 saturated carbocycles. The van der Waals surface area contributed by atoms with E-state index in [1.54, 1.807) is 34.1 Å². The van der Waals surface area contributed by atoms with Crippen molar-refractivity contribution < 1.29 is 14.0 Å². The molecule has 2 aliphatic heterocycles. The van der Waals surface area contributed by atoms with E-state index in [9.17, 15) is 18.8 Å². The van der Waals surface area contributed by atoms with E-state index in [0.717, 1.165) is 11.1 Å². The molecule has 1 saturated heterocycles. The quantitative estimate of drug-likeness (QED) is 0.689. The molecule has 8 heteroatoms. The Labute approximate surface area is 183 Å². The second-order valence-electron chi connectivity index (χ2n) is 8.04. The molecule has 0 radical (unpaired) electrons. The monoisotopic (exact) mass is 432 g/mol. The minimum absolute atomic E-state index is 0.00702. The number of amides is 2. The lowest BCUT2D eigenvalue weighted by atomic mass is 10.0. The Kier molecular flexibility index (Phi) is 5.05. The van der Waals surface area contributed by atoms with E-state index in [2.05, 4.69) is 10.2 Å². The van der Waals surface area contributed by atoms with Crippen molar-refractivity contribution >= 4 is 22.6 Å². The predicted octanol–water partition coefficient (Wildman–Crippen LogP) is 2.62. The number of H-pyrrole nitrogens is 1. The number of nitrogens with one attached hydrogen (secondary N) is 1. The molecule has 1 aromatic heterocycles. The van der Waals surface area contributed by atoms with Gasteiger partial charge in [0.1, 0.15) is 5.82 Å². The van der Waals surface area contributed by atoms with Gasteiger partial charge in [-0.15, -0.1) is 0 Å². The van der Waals surface area contributed by atoms with Gasteiger partial charge in [-0.3, -0.25) is 14.4 Å². The van der Waals surface area contributed by atoms with Crippen LogP contribution in [-0.4, -0.2) is 51.4 Å². The van der Waals surface area contributed by atoms with Gasteiger partial charge in [0.15, 0.2) is 0 Å². The number of rotatable bonds is 3. The van der Waals surface area contributed by atoms with E-state index in [0.29, 0.717) is 55.5 Å². The van der Waals surface area contributed by atoms with Crippen LogP contribution in [0, 0.1) is 5.82 Å². The number of piperazine rings is 1. The summed E-state index contributed by atoms with van der Waals surface area (Å²) in [6.45, 7) is 1.07. The van der Waals surface area contributed by atoms with E-state index >= 15 is 0 Å². The molecule has 3 heterocycles. The van der Waals surface area contributed by atoms with Crippen molar-refractivity contribution in [2.45, 2.75) is 19.3 Å². The first-order valence-electron chi connectivity index (χ1n) is 10.5. The van der Waals surface area contributed by atoms with Gasteiger partial charge in [-0.1, -0.05) is 30.3 Å². The zero-order valence-electron chi connectivity index (χ0n) is 17.3. The van der Waals surface area contributed by atoms with Crippen molar-refractivity contribution in [3.8, 4) is 0 Å². The van der Waals surface area contributed by atoms with Gasteiger partial charge in [0.05, 0.1) is 23.2 Å². The number of allylic oxidation sites excluding steroid dienone is 1. The average molecular weight is 432 g/mol. The number of halogens is 1. The third kappa shape index (κ3) is 3.57. The number of nitrogens with zero attached hydrogens (tertiary/aromatic N) is 3. The molecule has 5 rings (SSSR count). The minimum atomic E-state index is -0.589. The number of aromatic amines is 1. The van der Waals surface area contributed by atoms with Crippen LogP contribution in [0.3, 0.4) is 0 Å². The molecule has 0 atom stereocenters. The molecule has 0 unspecified atom stereocenters. The molecule has 1 N–H and O–H groups in total. The molecule has 0 spiro atoms. The largest absolute Gasteiger partial charge is 0.331 e. The van der Waals surface area contributed by atoms with Crippen molar-refractivity contribution in [1.29, 1.82) is 0 Å². The van der Waals surface area contributed by atoms with Crippen LogP contribution in [0.15, 0.2) is 59.0 Å². The molecule has 32 heavy (non-hydrogen) atoms. The van der Waals surface area contributed by atoms with E-state index in [1.165, 1.54) is 6.07 Å². The smallest absolute Gasteiger partial charge is 0.272 e. The molecule has 162 valence electrons. The van der Waals surface area contributed by atoms with E-state index in [1.807, 2.05) is 18.2 Å². The lowest BCUT2D eigenvalue weighted by Gasteiger charge is -2.38. The van der Waals surface area contributed by atoms with Crippen LogP contribution in [0.2, 0.25) is 0 Å². The molecule has 7 nitrogen and oxygen atoms in total. The number of benzene rings is 2. The Morgan fingerprint density at radius 1 is 1.09 bits per heavy atom. The minimum Gasteiger partial charge on any atom is -0.331 e. The first kappa shape index (κ1) is 20.1. The predicted molar refractivity (Wildman–Crippen MR) is 117 cm³/mol. The highest BCUT2D eigenvalue weighted by molar-refractivity contribution is 5.95. The van der Waals surface area contributed by atoms with Crippen LogP contribution >= 0.6 is 0 Å². The van der Waals surface area contributed by atoms with Gasteiger partial charge >= 0.3 is 0 Å².